The van der Waals surface area contributed by atoms with Gasteiger partial charge in [0.1, 0.15) is 10.7 Å². The van der Waals surface area contributed by atoms with Crippen molar-refractivity contribution in [3.8, 4) is 5.13 Å². The number of nitrogens with zero attached hydrogens (tertiary/aromatic N) is 5. The molecule has 0 unspecified atom stereocenters. The molecule has 0 bridgehead atoms. The molecular weight excluding hydrogens is 226 g/mol. The van der Waals surface area contributed by atoms with Gasteiger partial charge in [-0.25, -0.2) is 0 Å². The first-order chi connectivity index (χ1) is 7.63. The van der Waals surface area contributed by atoms with E-state index in [1.807, 2.05) is 0 Å². The van der Waals surface area contributed by atoms with E-state index in [9.17, 15) is 4.79 Å². The minimum atomic E-state index is 0.334. The molecule has 0 fully saturated rings. The Balaban J connectivity index is 2.42. The summed E-state index contributed by atoms with van der Waals surface area (Å²) >= 11 is 1.45. The zero-order chi connectivity index (χ0) is 11.7. The SMILES string of the molecule is Cc1c(C=O)nnn1-c1nnc(C(C)C)s1. The van der Waals surface area contributed by atoms with Crippen LogP contribution in [-0.4, -0.2) is 31.5 Å². The van der Waals surface area contributed by atoms with E-state index in [2.05, 4.69) is 34.4 Å². The number of rotatable bonds is 3. The third-order valence-corrected chi connectivity index (χ3v) is 3.35. The predicted molar refractivity (Wildman–Crippen MR) is 59.0 cm³/mol. The number of aromatic nitrogens is 5. The van der Waals surface area contributed by atoms with Gasteiger partial charge in [-0.15, -0.1) is 15.3 Å². The lowest BCUT2D eigenvalue weighted by Crippen LogP contribution is -1.98. The van der Waals surface area contributed by atoms with Crippen molar-refractivity contribution in [3.05, 3.63) is 16.4 Å². The quantitative estimate of drug-likeness (QED) is 0.753. The van der Waals surface area contributed by atoms with Gasteiger partial charge in [-0.1, -0.05) is 30.4 Å². The summed E-state index contributed by atoms with van der Waals surface area (Å²) in [7, 11) is 0. The highest BCUT2D eigenvalue weighted by molar-refractivity contribution is 7.13. The molecule has 0 aliphatic heterocycles. The van der Waals surface area contributed by atoms with Crippen molar-refractivity contribution in [2.75, 3.05) is 0 Å². The van der Waals surface area contributed by atoms with Crippen LogP contribution in [0.2, 0.25) is 0 Å². The van der Waals surface area contributed by atoms with E-state index in [0.29, 0.717) is 28.7 Å². The smallest absolute Gasteiger partial charge is 0.234 e. The van der Waals surface area contributed by atoms with E-state index in [1.54, 1.807) is 6.92 Å². The average Bonchev–Trinajstić information content (AvgIpc) is 2.83. The fraction of sp³-hybridized carbons (Fsp3) is 0.444. The Morgan fingerprint density at radius 1 is 1.31 bits per heavy atom. The summed E-state index contributed by atoms with van der Waals surface area (Å²) < 4.78 is 1.54. The van der Waals surface area contributed by atoms with E-state index in [4.69, 9.17) is 0 Å². The second-order valence-electron chi connectivity index (χ2n) is 3.67. The molecule has 0 radical (unpaired) electrons. The van der Waals surface area contributed by atoms with Gasteiger partial charge >= 0.3 is 0 Å². The van der Waals surface area contributed by atoms with Gasteiger partial charge in [0.2, 0.25) is 5.13 Å². The molecule has 2 aromatic rings. The van der Waals surface area contributed by atoms with Gasteiger partial charge in [-0.3, -0.25) is 4.79 Å². The molecule has 2 rings (SSSR count). The van der Waals surface area contributed by atoms with Crippen molar-refractivity contribution < 1.29 is 4.79 Å². The summed E-state index contributed by atoms with van der Waals surface area (Å²) in [6, 6.07) is 0. The van der Waals surface area contributed by atoms with E-state index in [-0.39, 0.29) is 0 Å². The summed E-state index contributed by atoms with van der Waals surface area (Å²) in [6.07, 6.45) is 0.684. The minimum Gasteiger partial charge on any atom is -0.296 e. The van der Waals surface area contributed by atoms with Crippen LogP contribution in [0.1, 0.15) is 41.0 Å². The average molecular weight is 237 g/mol. The van der Waals surface area contributed by atoms with Crippen molar-refractivity contribution in [3.63, 3.8) is 0 Å². The number of hydrogen-bond acceptors (Lipinski definition) is 6. The Morgan fingerprint density at radius 2 is 2.06 bits per heavy atom. The zero-order valence-electron chi connectivity index (χ0n) is 9.21. The van der Waals surface area contributed by atoms with Crippen LogP contribution in [0.25, 0.3) is 5.13 Å². The molecule has 16 heavy (non-hydrogen) atoms. The Kier molecular flexibility index (Phi) is 2.78. The summed E-state index contributed by atoms with van der Waals surface area (Å²) in [5.74, 6) is 0.334. The summed E-state index contributed by atoms with van der Waals surface area (Å²) in [5, 5.41) is 17.3. The number of aldehydes is 1. The highest BCUT2D eigenvalue weighted by Crippen LogP contribution is 2.22. The second kappa shape index (κ2) is 4.09. The van der Waals surface area contributed by atoms with E-state index in [0.717, 1.165) is 5.01 Å². The Morgan fingerprint density at radius 3 is 2.56 bits per heavy atom. The van der Waals surface area contributed by atoms with Crippen molar-refractivity contribution in [2.24, 2.45) is 0 Å². The van der Waals surface area contributed by atoms with Gasteiger partial charge in [0.05, 0.1) is 5.69 Å². The van der Waals surface area contributed by atoms with Gasteiger partial charge in [0.25, 0.3) is 0 Å². The van der Waals surface area contributed by atoms with E-state index >= 15 is 0 Å². The van der Waals surface area contributed by atoms with Crippen LogP contribution in [0.5, 0.6) is 0 Å². The van der Waals surface area contributed by atoms with Gasteiger partial charge in [0, 0.05) is 5.92 Å². The Bertz CT molecular complexity index is 516. The molecule has 0 saturated heterocycles. The highest BCUT2D eigenvalue weighted by Gasteiger charge is 2.14. The predicted octanol–water partition coefficient (Wildman–Crippen LogP) is 1.36. The maximum Gasteiger partial charge on any atom is 0.234 e. The normalized spacial score (nSPS) is 11.0. The van der Waals surface area contributed by atoms with Crippen molar-refractivity contribution in [2.45, 2.75) is 26.7 Å². The van der Waals surface area contributed by atoms with Crippen LogP contribution in [0.3, 0.4) is 0 Å². The van der Waals surface area contributed by atoms with Crippen LogP contribution in [-0.2, 0) is 0 Å². The molecule has 2 aromatic heterocycles. The molecule has 0 aromatic carbocycles. The van der Waals surface area contributed by atoms with Gasteiger partial charge in [-0.05, 0) is 6.92 Å². The summed E-state index contributed by atoms with van der Waals surface area (Å²) in [5.41, 5.74) is 1.02. The van der Waals surface area contributed by atoms with Crippen LogP contribution < -0.4 is 0 Å². The lowest BCUT2D eigenvalue weighted by Gasteiger charge is -1.96. The molecule has 7 heteroatoms. The van der Waals surface area contributed by atoms with Gasteiger partial charge < -0.3 is 0 Å². The molecule has 0 saturated carbocycles. The van der Waals surface area contributed by atoms with Gasteiger partial charge in [-0.2, -0.15) is 4.68 Å². The largest absolute Gasteiger partial charge is 0.296 e. The lowest BCUT2D eigenvalue weighted by atomic mass is 10.2. The van der Waals surface area contributed by atoms with Crippen molar-refractivity contribution in [1.82, 2.24) is 25.2 Å². The molecule has 0 amide bonds. The van der Waals surface area contributed by atoms with Crippen molar-refractivity contribution >= 4 is 17.6 Å². The van der Waals surface area contributed by atoms with E-state index in [1.165, 1.54) is 16.0 Å². The third kappa shape index (κ3) is 1.73. The molecule has 0 spiro atoms. The molecule has 6 nitrogen and oxygen atoms in total. The molecular formula is C9H11N5OS. The van der Waals surface area contributed by atoms with Crippen LogP contribution in [0.15, 0.2) is 0 Å². The number of carbonyl (C=O) groups is 1. The standard InChI is InChI=1S/C9H11N5OS/c1-5(2)8-11-12-9(16-8)14-6(3)7(4-15)10-13-14/h4-5H,1-3H3. The fourth-order valence-corrected chi connectivity index (χ4v) is 2.02. The number of hydrogen-bond donors (Lipinski definition) is 0. The first-order valence-electron chi connectivity index (χ1n) is 4.84. The maximum absolute atomic E-state index is 10.6. The minimum absolute atomic E-state index is 0.334. The fourth-order valence-electron chi connectivity index (χ4n) is 1.18. The highest BCUT2D eigenvalue weighted by atomic mass is 32.1. The second-order valence-corrected chi connectivity index (χ2v) is 4.65. The van der Waals surface area contributed by atoms with Crippen molar-refractivity contribution in [1.29, 1.82) is 0 Å². The Labute approximate surface area is 96.3 Å². The molecule has 84 valence electrons. The monoisotopic (exact) mass is 237 g/mol. The number of carbonyl (C=O) groups excluding carboxylic acids is 1. The van der Waals surface area contributed by atoms with Gasteiger partial charge in [0.15, 0.2) is 6.29 Å². The summed E-state index contributed by atoms with van der Waals surface area (Å²) in [4.78, 5) is 10.6. The maximum atomic E-state index is 10.6. The molecule has 2 heterocycles. The third-order valence-electron chi connectivity index (χ3n) is 2.15. The molecule has 0 N–H and O–H groups in total. The lowest BCUT2D eigenvalue weighted by molar-refractivity contribution is 0.111. The molecule has 0 atom stereocenters. The topological polar surface area (TPSA) is 73.6 Å². The summed E-state index contributed by atoms with van der Waals surface area (Å²) in [6.45, 7) is 5.88. The zero-order valence-corrected chi connectivity index (χ0v) is 10.0. The van der Waals surface area contributed by atoms with Crippen LogP contribution in [0, 0.1) is 6.92 Å². The molecule has 0 aliphatic rings. The van der Waals surface area contributed by atoms with Crippen LogP contribution in [0.4, 0.5) is 0 Å². The first kappa shape index (κ1) is 10.9. The van der Waals surface area contributed by atoms with E-state index < -0.39 is 0 Å². The van der Waals surface area contributed by atoms with Crippen LogP contribution >= 0.6 is 11.3 Å². The first-order valence-corrected chi connectivity index (χ1v) is 5.66. The Hall–Kier alpha value is -1.63. The molecule has 0 aliphatic carbocycles.